The third-order valence-corrected chi connectivity index (χ3v) is 3.63. The molecule has 0 bridgehead atoms. The Morgan fingerprint density at radius 2 is 1.72 bits per heavy atom. The predicted molar refractivity (Wildman–Crippen MR) is 68.2 cm³/mol. The topological polar surface area (TPSA) is 64.1 Å². The average molecular weight is 261 g/mol. The first-order chi connectivity index (χ1) is 8.50. The van der Waals surface area contributed by atoms with E-state index in [2.05, 4.69) is 4.98 Å². The Morgan fingerprint density at radius 3 is 2.17 bits per heavy atom. The summed E-state index contributed by atoms with van der Waals surface area (Å²) in [4.78, 5) is 14.9. The highest BCUT2D eigenvalue weighted by molar-refractivity contribution is 7.90. The number of hydrogen-bond donors (Lipinski definition) is 0. The fourth-order valence-corrected chi connectivity index (χ4v) is 2.15. The van der Waals surface area contributed by atoms with Crippen molar-refractivity contribution < 1.29 is 13.2 Å². The van der Waals surface area contributed by atoms with Crippen LogP contribution in [0.4, 0.5) is 0 Å². The van der Waals surface area contributed by atoms with Gasteiger partial charge in [0.1, 0.15) is 0 Å². The zero-order valence-corrected chi connectivity index (χ0v) is 10.5. The number of nitrogens with zero attached hydrogens (tertiary/aromatic N) is 1. The summed E-state index contributed by atoms with van der Waals surface area (Å²) in [5, 5.41) is 0. The van der Waals surface area contributed by atoms with Crippen molar-refractivity contribution >= 4 is 16.1 Å². The maximum Gasteiger partial charge on any atom is 0.175 e. The molecule has 2 aromatic rings. The maximum absolute atomic E-state index is 11.3. The molecule has 5 heteroatoms. The van der Waals surface area contributed by atoms with Crippen LogP contribution in [-0.2, 0) is 9.84 Å². The van der Waals surface area contributed by atoms with Crippen LogP contribution in [0.2, 0.25) is 0 Å². The highest BCUT2D eigenvalue weighted by Gasteiger charge is 2.07. The number of aldehydes is 1. The van der Waals surface area contributed by atoms with E-state index in [1.165, 1.54) is 12.5 Å². The van der Waals surface area contributed by atoms with Gasteiger partial charge in [-0.25, -0.2) is 8.42 Å². The molecule has 1 aromatic heterocycles. The minimum atomic E-state index is -3.18. The second kappa shape index (κ2) is 4.70. The second-order valence-corrected chi connectivity index (χ2v) is 5.91. The number of pyridine rings is 1. The van der Waals surface area contributed by atoms with Crippen LogP contribution in [0, 0.1) is 0 Å². The molecular weight excluding hydrogens is 250 g/mol. The summed E-state index contributed by atoms with van der Waals surface area (Å²) in [7, 11) is -3.18. The van der Waals surface area contributed by atoms with Gasteiger partial charge in [0.05, 0.1) is 10.6 Å². The molecule has 0 saturated carbocycles. The first-order valence-electron chi connectivity index (χ1n) is 5.22. The SMILES string of the molecule is CS(=O)(=O)c1ccc(-c2ccc(C=O)cn2)cc1. The van der Waals surface area contributed by atoms with E-state index < -0.39 is 9.84 Å². The Labute approximate surface area is 105 Å². The van der Waals surface area contributed by atoms with Gasteiger partial charge in [-0.15, -0.1) is 0 Å². The van der Waals surface area contributed by atoms with Crippen LogP contribution < -0.4 is 0 Å². The molecule has 0 amide bonds. The van der Waals surface area contributed by atoms with Gasteiger partial charge >= 0.3 is 0 Å². The average Bonchev–Trinajstić information content (AvgIpc) is 2.38. The molecule has 0 fully saturated rings. The molecule has 0 atom stereocenters. The van der Waals surface area contributed by atoms with Crippen LogP contribution in [0.15, 0.2) is 47.5 Å². The molecule has 4 nitrogen and oxygen atoms in total. The van der Waals surface area contributed by atoms with Crippen LogP contribution in [0.1, 0.15) is 10.4 Å². The van der Waals surface area contributed by atoms with Gasteiger partial charge in [-0.1, -0.05) is 12.1 Å². The summed E-state index contributed by atoms with van der Waals surface area (Å²) in [6, 6.07) is 9.86. The smallest absolute Gasteiger partial charge is 0.175 e. The molecule has 0 saturated heterocycles. The van der Waals surface area contributed by atoms with E-state index in [1.807, 2.05) is 0 Å². The van der Waals surface area contributed by atoms with Crippen molar-refractivity contribution in [2.45, 2.75) is 4.90 Å². The van der Waals surface area contributed by atoms with Crippen molar-refractivity contribution in [2.75, 3.05) is 6.26 Å². The Bertz CT molecular complexity index is 658. The summed E-state index contributed by atoms with van der Waals surface area (Å²) < 4.78 is 22.6. The summed E-state index contributed by atoms with van der Waals surface area (Å²) in [6.45, 7) is 0. The van der Waals surface area contributed by atoms with Crippen molar-refractivity contribution in [1.82, 2.24) is 4.98 Å². The van der Waals surface area contributed by atoms with Crippen LogP contribution in [0.5, 0.6) is 0 Å². The molecule has 0 aliphatic rings. The van der Waals surface area contributed by atoms with E-state index >= 15 is 0 Å². The summed E-state index contributed by atoms with van der Waals surface area (Å²) in [5.74, 6) is 0. The lowest BCUT2D eigenvalue weighted by atomic mass is 10.1. The van der Waals surface area contributed by atoms with Crippen molar-refractivity contribution in [3.8, 4) is 11.3 Å². The fourth-order valence-electron chi connectivity index (χ4n) is 1.52. The van der Waals surface area contributed by atoms with E-state index in [0.717, 1.165) is 11.8 Å². The van der Waals surface area contributed by atoms with Gasteiger partial charge in [-0.05, 0) is 24.3 Å². The highest BCUT2D eigenvalue weighted by Crippen LogP contribution is 2.19. The lowest BCUT2D eigenvalue weighted by molar-refractivity contribution is 0.112. The van der Waals surface area contributed by atoms with Crippen LogP contribution in [0.3, 0.4) is 0 Å². The molecule has 1 heterocycles. The minimum absolute atomic E-state index is 0.274. The van der Waals surface area contributed by atoms with E-state index in [9.17, 15) is 13.2 Å². The molecule has 0 unspecified atom stereocenters. The van der Waals surface area contributed by atoms with E-state index in [4.69, 9.17) is 0 Å². The molecule has 0 aliphatic heterocycles. The first kappa shape index (κ1) is 12.4. The zero-order chi connectivity index (χ0) is 13.2. The normalized spacial score (nSPS) is 11.2. The second-order valence-electron chi connectivity index (χ2n) is 3.89. The van der Waals surface area contributed by atoms with Gasteiger partial charge in [0.2, 0.25) is 0 Å². The van der Waals surface area contributed by atoms with Crippen molar-refractivity contribution in [2.24, 2.45) is 0 Å². The quantitative estimate of drug-likeness (QED) is 0.792. The number of aromatic nitrogens is 1. The Hall–Kier alpha value is -2.01. The molecule has 92 valence electrons. The molecule has 2 rings (SSSR count). The standard InChI is InChI=1S/C13H11NO3S/c1-18(16,17)12-5-3-11(4-6-12)13-7-2-10(9-15)8-14-13/h2-9H,1H3. The fraction of sp³-hybridized carbons (Fsp3) is 0.0769. The maximum atomic E-state index is 11.3. The predicted octanol–water partition coefficient (Wildman–Crippen LogP) is 1.96. The number of benzene rings is 1. The van der Waals surface area contributed by atoms with Crippen LogP contribution in [0.25, 0.3) is 11.3 Å². The highest BCUT2D eigenvalue weighted by atomic mass is 32.2. The van der Waals surface area contributed by atoms with E-state index in [1.54, 1.807) is 36.4 Å². The zero-order valence-electron chi connectivity index (χ0n) is 9.70. The molecule has 0 spiro atoms. The van der Waals surface area contributed by atoms with Crippen molar-refractivity contribution in [3.63, 3.8) is 0 Å². The lowest BCUT2D eigenvalue weighted by Gasteiger charge is -2.02. The Kier molecular flexibility index (Phi) is 3.25. The van der Waals surface area contributed by atoms with Gasteiger partial charge < -0.3 is 0 Å². The summed E-state index contributed by atoms with van der Waals surface area (Å²) in [5.41, 5.74) is 2.01. The van der Waals surface area contributed by atoms with Gasteiger partial charge in [0, 0.05) is 23.6 Å². The van der Waals surface area contributed by atoms with Gasteiger partial charge in [0.15, 0.2) is 16.1 Å². The van der Waals surface area contributed by atoms with Crippen molar-refractivity contribution in [1.29, 1.82) is 0 Å². The van der Waals surface area contributed by atoms with Gasteiger partial charge in [-0.2, -0.15) is 0 Å². The van der Waals surface area contributed by atoms with Gasteiger partial charge in [-0.3, -0.25) is 9.78 Å². The third-order valence-electron chi connectivity index (χ3n) is 2.50. The summed E-state index contributed by atoms with van der Waals surface area (Å²) >= 11 is 0. The van der Waals surface area contributed by atoms with Crippen LogP contribution in [-0.4, -0.2) is 25.9 Å². The Balaban J connectivity index is 2.37. The van der Waals surface area contributed by atoms with Crippen LogP contribution >= 0.6 is 0 Å². The largest absolute Gasteiger partial charge is 0.298 e. The number of sulfone groups is 1. The Morgan fingerprint density at radius 1 is 1.06 bits per heavy atom. The molecule has 1 aromatic carbocycles. The minimum Gasteiger partial charge on any atom is -0.298 e. The summed E-state index contributed by atoms with van der Waals surface area (Å²) in [6.07, 6.45) is 3.37. The molecule has 0 aliphatic carbocycles. The number of hydrogen-bond acceptors (Lipinski definition) is 4. The third kappa shape index (κ3) is 2.62. The van der Waals surface area contributed by atoms with Crippen molar-refractivity contribution in [3.05, 3.63) is 48.2 Å². The molecule has 0 radical (unpaired) electrons. The van der Waals surface area contributed by atoms with Gasteiger partial charge in [0.25, 0.3) is 0 Å². The molecule has 0 N–H and O–H groups in total. The van der Waals surface area contributed by atoms with E-state index in [0.29, 0.717) is 11.3 Å². The first-order valence-corrected chi connectivity index (χ1v) is 7.11. The number of carbonyl (C=O) groups excluding carboxylic acids is 1. The van der Waals surface area contributed by atoms with E-state index in [-0.39, 0.29) is 4.90 Å². The number of carbonyl (C=O) groups is 1. The molecular formula is C13H11NO3S. The monoisotopic (exact) mass is 261 g/mol. The lowest BCUT2D eigenvalue weighted by Crippen LogP contribution is -1.96. The molecule has 18 heavy (non-hydrogen) atoms. The number of rotatable bonds is 3.